The molecular formula is C14H20ClNO. The summed E-state index contributed by atoms with van der Waals surface area (Å²) in [5.41, 5.74) is 7.09. The number of halogens is 1. The highest BCUT2D eigenvalue weighted by Gasteiger charge is 2.30. The highest BCUT2D eigenvalue weighted by atomic mass is 35.5. The SMILES string of the molecule is NC[C@@H](c1ccc(Cl)cc1)[C@H]1CCCC[C@@H]1O. The molecule has 0 saturated heterocycles. The van der Waals surface area contributed by atoms with Gasteiger partial charge in [-0.2, -0.15) is 0 Å². The van der Waals surface area contributed by atoms with E-state index >= 15 is 0 Å². The molecule has 17 heavy (non-hydrogen) atoms. The third-order valence-corrected chi connectivity index (χ3v) is 4.10. The second-order valence-electron chi connectivity index (χ2n) is 4.91. The van der Waals surface area contributed by atoms with Crippen molar-refractivity contribution in [3.8, 4) is 0 Å². The van der Waals surface area contributed by atoms with Gasteiger partial charge < -0.3 is 10.8 Å². The number of hydrogen-bond donors (Lipinski definition) is 2. The minimum atomic E-state index is -0.201. The molecule has 2 rings (SSSR count). The fraction of sp³-hybridized carbons (Fsp3) is 0.571. The largest absolute Gasteiger partial charge is 0.393 e. The maximum atomic E-state index is 10.1. The zero-order chi connectivity index (χ0) is 12.3. The Kier molecular flexibility index (Phi) is 4.43. The molecule has 94 valence electrons. The molecule has 0 spiro atoms. The van der Waals surface area contributed by atoms with Crippen LogP contribution < -0.4 is 5.73 Å². The first-order valence-electron chi connectivity index (χ1n) is 6.36. The summed E-state index contributed by atoms with van der Waals surface area (Å²) in [6.45, 7) is 0.587. The van der Waals surface area contributed by atoms with Crippen LogP contribution in [0, 0.1) is 5.92 Å². The van der Waals surface area contributed by atoms with Gasteiger partial charge in [0.05, 0.1) is 6.10 Å². The first kappa shape index (κ1) is 12.9. The summed E-state index contributed by atoms with van der Waals surface area (Å²) in [7, 11) is 0. The van der Waals surface area contributed by atoms with Crippen molar-refractivity contribution < 1.29 is 5.11 Å². The molecule has 1 fully saturated rings. The summed E-state index contributed by atoms with van der Waals surface area (Å²) in [6.07, 6.45) is 4.12. The van der Waals surface area contributed by atoms with Crippen LogP contribution in [0.1, 0.15) is 37.2 Å². The molecule has 3 heteroatoms. The molecule has 0 aromatic heterocycles. The number of hydrogen-bond acceptors (Lipinski definition) is 2. The molecule has 1 aliphatic carbocycles. The van der Waals surface area contributed by atoms with Crippen LogP contribution in [-0.2, 0) is 0 Å². The zero-order valence-corrected chi connectivity index (χ0v) is 10.7. The van der Waals surface area contributed by atoms with Crippen molar-refractivity contribution in [2.45, 2.75) is 37.7 Å². The van der Waals surface area contributed by atoms with Gasteiger partial charge in [-0.05, 0) is 43.0 Å². The van der Waals surface area contributed by atoms with Crippen LogP contribution in [0.2, 0.25) is 5.02 Å². The topological polar surface area (TPSA) is 46.2 Å². The third kappa shape index (κ3) is 3.01. The second kappa shape index (κ2) is 5.85. The molecular weight excluding hydrogens is 234 g/mol. The van der Waals surface area contributed by atoms with E-state index in [4.69, 9.17) is 17.3 Å². The molecule has 3 atom stereocenters. The average molecular weight is 254 g/mol. The minimum absolute atomic E-state index is 0.201. The molecule has 0 aliphatic heterocycles. The Morgan fingerprint density at radius 3 is 2.47 bits per heavy atom. The van der Waals surface area contributed by atoms with E-state index in [1.165, 1.54) is 12.0 Å². The molecule has 2 nitrogen and oxygen atoms in total. The van der Waals surface area contributed by atoms with Crippen LogP contribution in [0.15, 0.2) is 24.3 Å². The van der Waals surface area contributed by atoms with E-state index in [1.807, 2.05) is 24.3 Å². The Morgan fingerprint density at radius 2 is 1.88 bits per heavy atom. The van der Waals surface area contributed by atoms with E-state index in [0.717, 1.165) is 24.3 Å². The van der Waals surface area contributed by atoms with E-state index in [9.17, 15) is 5.11 Å². The summed E-state index contributed by atoms with van der Waals surface area (Å²) < 4.78 is 0. The summed E-state index contributed by atoms with van der Waals surface area (Å²) in [5.74, 6) is 0.553. The normalized spacial score (nSPS) is 26.8. The standard InChI is InChI=1S/C14H20ClNO/c15-11-7-5-10(6-8-11)13(9-16)12-3-1-2-4-14(12)17/h5-8,12-14,17H,1-4,9,16H2/t12-,13+,14+/m1/s1. The Balaban J connectivity index is 2.17. The molecule has 1 saturated carbocycles. The predicted octanol–water partition coefficient (Wildman–Crippen LogP) is 2.93. The molecule has 0 heterocycles. The number of rotatable bonds is 3. The van der Waals surface area contributed by atoms with Gasteiger partial charge in [0.15, 0.2) is 0 Å². The fourth-order valence-corrected chi connectivity index (χ4v) is 3.00. The van der Waals surface area contributed by atoms with Crippen LogP contribution in [0.25, 0.3) is 0 Å². The van der Waals surface area contributed by atoms with Crippen LogP contribution in [0.5, 0.6) is 0 Å². The van der Waals surface area contributed by atoms with Crippen LogP contribution >= 0.6 is 11.6 Å². The highest BCUT2D eigenvalue weighted by Crippen LogP contribution is 2.36. The van der Waals surface area contributed by atoms with Crippen LogP contribution in [-0.4, -0.2) is 17.8 Å². The third-order valence-electron chi connectivity index (χ3n) is 3.85. The number of benzene rings is 1. The van der Waals surface area contributed by atoms with Gasteiger partial charge in [0, 0.05) is 10.9 Å². The number of nitrogens with two attached hydrogens (primary N) is 1. The van der Waals surface area contributed by atoms with Crippen molar-refractivity contribution in [1.82, 2.24) is 0 Å². The molecule has 1 aromatic rings. The second-order valence-corrected chi connectivity index (χ2v) is 5.35. The van der Waals surface area contributed by atoms with Gasteiger partial charge in [0.1, 0.15) is 0 Å². The number of aliphatic hydroxyl groups excluding tert-OH is 1. The molecule has 3 N–H and O–H groups in total. The van der Waals surface area contributed by atoms with Crippen molar-refractivity contribution in [3.63, 3.8) is 0 Å². The van der Waals surface area contributed by atoms with Gasteiger partial charge in [-0.1, -0.05) is 36.6 Å². The lowest BCUT2D eigenvalue weighted by Crippen LogP contribution is -2.33. The fourth-order valence-electron chi connectivity index (χ4n) is 2.88. The Labute approximate surface area is 108 Å². The lowest BCUT2D eigenvalue weighted by molar-refractivity contribution is 0.0561. The Hall–Kier alpha value is -0.570. The highest BCUT2D eigenvalue weighted by molar-refractivity contribution is 6.30. The predicted molar refractivity (Wildman–Crippen MR) is 71.2 cm³/mol. The van der Waals surface area contributed by atoms with Crippen LogP contribution in [0.3, 0.4) is 0 Å². The smallest absolute Gasteiger partial charge is 0.0574 e. The summed E-state index contributed by atoms with van der Waals surface area (Å²) in [6, 6.07) is 7.85. The summed E-state index contributed by atoms with van der Waals surface area (Å²) in [4.78, 5) is 0. The van der Waals surface area contributed by atoms with E-state index in [2.05, 4.69) is 0 Å². The first-order valence-corrected chi connectivity index (χ1v) is 6.73. The van der Waals surface area contributed by atoms with Gasteiger partial charge in [-0.3, -0.25) is 0 Å². The monoisotopic (exact) mass is 253 g/mol. The van der Waals surface area contributed by atoms with E-state index in [1.54, 1.807) is 0 Å². The molecule has 0 bridgehead atoms. The van der Waals surface area contributed by atoms with Crippen molar-refractivity contribution in [3.05, 3.63) is 34.9 Å². The summed E-state index contributed by atoms with van der Waals surface area (Å²) >= 11 is 5.89. The molecule has 0 radical (unpaired) electrons. The van der Waals surface area contributed by atoms with Crippen molar-refractivity contribution in [2.24, 2.45) is 11.7 Å². The van der Waals surface area contributed by atoms with E-state index in [0.29, 0.717) is 12.5 Å². The van der Waals surface area contributed by atoms with Gasteiger partial charge in [-0.15, -0.1) is 0 Å². The van der Waals surface area contributed by atoms with Gasteiger partial charge >= 0.3 is 0 Å². The Bertz CT molecular complexity index is 352. The van der Waals surface area contributed by atoms with Gasteiger partial charge in [0.25, 0.3) is 0 Å². The van der Waals surface area contributed by atoms with Crippen LogP contribution in [0.4, 0.5) is 0 Å². The van der Waals surface area contributed by atoms with Crippen molar-refractivity contribution >= 4 is 11.6 Å². The van der Waals surface area contributed by atoms with Gasteiger partial charge in [-0.25, -0.2) is 0 Å². The van der Waals surface area contributed by atoms with Gasteiger partial charge in [0.2, 0.25) is 0 Å². The quantitative estimate of drug-likeness (QED) is 0.870. The zero-order valence-electron chi connectivity index (χ0n) is 9.98. The summed E-state index contributed by atoms with van der Waals surface area (Å²) in [5, 5.41) is 10.8. The Morgan fingerprint density at radius 1 is 1.24 bits per heavy atom. The molecule has 0 unspecified atom stereocenters. The number of aliphatic hydroxyl groups is 1. The average Bonchev–Trinajstić information content (AvgIpc) is 2.35. The minimum Gasteiger partial charge on any atom is -0.393 e. The lowest BCUT2D eigenvalue weighted by Gasteiger charge is -2.34. The molecule has 1 aliphatic rings. The first-order chi connectivity index (χ1) is 8.22. The molecule has 0 amide bonds. The lowest BCUT2D eigenvalue weighted by atomic mass is 9.75. The maximum Gasteiger partial charge on any atom is 0.0574 e. The van der Waals surface area contributed by atoms with E-state index in [-0.39, 0.29) is 12.0 Å². The van der Waals surface area contributed by atoms with Crippen molar-refractivity contribution in [1.29, 1.82) is 0 Å². The molecule has 1 aromatic carbocycles. The van der Waals surface area contributed by atoms with E-state index < -0.39 is 0 Å². The maximum absolute atomic E-state index is 10.1. The van der Waals surface area contributed by atoms with Crippen molar-refractivity contribution in [2.75, 3.05) is 6.54 Å².